The van der Waals surface area contributed by atoms with E-state index >= 15 is 0 Å². The molecule has 0 atom stereocenters. The molecule has 0 amide bonds. The molecule has 1 saturated heterocycles. The largest absolute Gasteiger partial charge is 0.396 e. The fraction of sp³-hybridized carbons (Fsp3) is 0.318. The lowest BCUT2D eigenvalue weighted by Crippen LogP contribution is -2.35. The summed E-state index contributed by atoms with van der Waals surface area (Å²) in [7, 11) is 0. The predicted octanol–water partition coefficient (Wildman–Crippen LogP) is 3.13. The van der Waals surface area contributed by atoms with Gasteiger partial charge in [0.25, 0.3) is 0 Å². The van der Waals surface area contributed by atoms with Crippen molar-refractivity contribution in [1.29, 1.82) is 0 Å². The fourth-order valence-electron chi connectivity index (χ4n) is 4.17. The summed E-state index contributed by atoms with van der Waals surface area (Å²) in [6.07, 6.45) is 8.15. The topological polar surface area (TPSA) is 72.0 Å². The molecule has 1 aliphatic rings. The standard InChI is InChI=1S/C22H23FN6O/c23-18-2-1-17-5-11-28(20(17)13-18)19-6-9-27(10-7-19)21-3-4-22(26-25-21)29-15-16(8-12-30)14-24-29/h1-5,11,13-15,19,30H,6-10,12H2. The summed E-state index contributed by atoms with van der Waals surface area (Å²) in [5.74, 6) is 1.30. The van der Waals surface area contributed by atoms with Crippen molar-refractivity contribution < 1.29 is 9.50 Å². The third-order valence-electron chi connectivity index (χ3n) is 5.77. The van der Waals surface area contributed by atoms with E-state index in [9.17, 15) is 4.39 Å². The van der Waals surface area contributed by atoms with Crippen LogP contribution in [0.25, 0.3) is 16.7 Å². The van der Waals surface area contributed by atoms with E-state index in [2.05, 4.69) is 31.0 Å². The zero-order valence-corrected chi connectivity index (χ0v) is 16.5. The first-order valence-electron chi connectivity index (χ1n) is 10.2. The summed E-state index contributed by atoms with van der Waals surface area (Å²) in [6.45, 7) is 1.84. The van der Waals surface area contributed by atoms with Gasteiger partial charge in [-0.05, 0) is 66.6 Å². The SMILES string of the molecule is OCCc1cnn(-c2ccc(N3CCC(n4ccc5ccc(F)cc54)CC3)nn2)c1. The lowest BCUT2D eigenvalue weighted by Gasteiger charge is -2.33. The quantitative estimate of drug-likeness (QED) is 0.551. The van der Waals surface area contributed by atoms with Gasteiger partial charge in [-0.25, -0.2) is 9.07 Å². The van der Waals surface area contributed by atoms with Crippen LogP contribution in [0, 0.1) is 5.82 Å². The van der Waals surface area contributed by atoms with Gasteiger partial charge in [0.15, 0.2) is 11.6 Å². The number of aliphatic hydroxyl groups is 1. The number of anilines is 1. The van der Waals surface area contributed by atoms with Gasteiger partial charge in [0.1, 0.15) is 5.82 Å². The number of hydrogen-bond acceptors (Lipinski definition) is 5. The zero-order chi connectivity index (χ0) is 20.5. The highest BCUT2D eigenvalue weighted by Crippen LogP contribution is 2.29. The molecule has 1 aliphatic heterocycles. The van der Waals surface area contributed by atoms with Crippen molar-refractivity contribution in [1.82, 2.24) is 24.5 Å². The van der Waals surface area contributed by atoms with Gasteiger partial charge in [-0.1, -0.05) is 0 Å². The van der Waals surface area contributed by atoms with Crippen molar-refractivity contribution in [2.24, 2.45) is 0 Å². The smallest absolute Gasteiger partial charge is 0.175 e. The summed E-state index contributed by atoms with van der Waals surface area (Å²) in [5, 5.41) is 23.1. The number of aliphatic hydroxyl groups excluding tert-OH is 1. The third kappa shape index (κ3) is 3.54. The first kappa shape index (κ1) is 18.7. The van der Waals surface area contributed by atoms with E-state index in [0.717, 1.165) is 48.2 Å². The maximum atomic E-state index is 13.7. The highest BCUT2D eigenvalue weighted by atomic mass is 19.1. The summed E-state index contributed by atoms with van der Waals surface area (Å²) in [5.41, 5.74) is 1.92. The molecule has 1 fully saturated rings. The first-order chi connectivity index (χ1) is 14.7. The second-order valence-corrected chi connectivity index (χ2v) is 7.66. The van der Waals surface area contributed by atoms with Crippen LogP contribution in [0.5, 0.6) is 0 Å². The molecule has 0 saturated carbocycles. The normalized spacial score (nSPS) is 15.2. The molecule has 154 valence electrons. The molecule has 7 nitrogen and oxygen atoms in total. The van der Waals surface area contributed by atoms with Crippen molar-refractivity contribution >= 4 is 16.7 Å². The van der Waals surface area contributed by atoms with Gasteiger partial charge >= 0.3 is 0 Å². The molecular weight excluding hydrogens is 383 g/mol. The van der Waals surface area contributed by atoms with E-state index in [4.69, 9.17) is 5.11 Å². The molecule has 4 aromatic rings. The van der Waals surface area contributed by atoms with Crippen LogP contribution in [0.2, 0.25) is 0 Å². The number of halogens is 1. The molecule has 3 aromatic heterocycles. The van der Waals surface area contributed by atoms with Crippen LogP contribution in [0.15, 0.2) is 55.0 Å². The number of benzene rings is 1. The Hall–Kier alpha value is -3.26. The predicted molar refractivity (Wildman–Crippen MR) is 112 cm³/mol. The Morgan fingerprint density at radius 1 is 1.03 bits per heavy atom. The van der Waals surface area contributed by atoms with Gasteiger partial charge in [0.05, 0.1) is 11.7 Å². The number of fused-ring (bicyclic) bond motifs is 1. The van der Waals surface area contributed by atoms with E-state index in [1.807, 2.05) is 30.5 Å². The van der Waals surface area contributed by atoms with Crippen molar-refractivity contribution in [2.45, 2.75) is 25.3 Å². The maximum Gasteiger partial charge on any atom is 0.175 e. The minimum Gasteiger partial charge on any atom is -0.396 e. The molecule has 5 rings (SSSR count). The number of nitrogens with zero attached hydrogens (tertiary/aromatic N) is 6. The molecule has 0 aliphatic carbocycles. The van der Waals surface area contributed by atoms with E-state index in [0.29, 0.717) is 18.3 Å². The van der Waals surface area contributed by atoms with Crippen LogP contribution in [0.4, 0.5) is 10.2 Å². The van der Waals surface area contributed by atoms with Gasteiger partial charge in [0, 0.05) is 38.1 Å². The Bertz CT molecular complexity index is 1140. The minimum atomic E-state index is -0.198. The minimum absolute atomic E-state index is 0.0972. The van der Waals surface area contributed by atoms with Crippen LogP contribution in [0.1, 0.15) is 24.4 Å². The highest BCUT2D eigenvalue weighted by molar-refractivity contribution is 5.80. The molecule has 0 spiro atoms. The summed E-state index contributed by atoms with van der Waals surface area (Å²) in [6, 6.07) is 11.2. The molecule has 1 aromatic carbocycles. The van der Waals surface area contributed by atoms with Gasteiger partial charge in [-0.15, -0.1) is 10.2 Å². The van der Waals surface area contributed by atoms with Gasteiger partial charge < -0.3 is 14.6 Å². The Labute approximate surface area is 173 Å². The third-order valence-corrected chi connectivity index (χ3v) is 5.77. The van der Waals surface area contributed by atoms with Crippen LogP contribution in [-0.2, 0) is 6.42 Å². The summed E-state index contributed by atoms with van der Waals surface area (Å²) < 4.78 is 17.6. The molecule has 0 bridgehead atoms. The Morgan fingerprint density at radius 3 is 2.60 bits per heavy atom. The van der Waals surface area contributed by atoms with Crippen molar-refractivity contribution in [3.8, 4) is 5.82 Å². The van der Waals surface area contributed by atoms with E-state index in [1.165, 1.54) is 6.07 Å². The van der Waals surface area contributed by atoms with E-state index < -0.39 is 0 Å². The van der Waals surface area contributed by atoms with Crippen molar-refractivity contribution in [3.63, 3.8) is 0 Å². The molecular formula is C22H23FN6O. The molecule has 4 heterocycles. The number of aromatic nitrogens is 5. The van der Waals surface area contributed by atoms with Crippen LogP contribution < -0.4 is 4.90 Å². The molecule has 30 heavy (non-hydrogen) atoms. The van der Waals surface area contributed by atoms with E-state index in [-0.39, 0.29) is 12.4 Å². The van der Waals surface area contributed by atoms with E-state index in [1.54, 1.807) is 16.9 Å². The second kappa shape index (κ2) is 7.87. The molecule has 8 heteroatoms. The van der Waals surface area contributed by atoms with Crippen LogP contribution in [0.3, 0.4) is 0 Å². The number of rotatable bonds is 5. The maximum absolute atomic E-state index is 13.7. The first-order valence-corrected chi connectivity index (χ1v) is 10.2. The van der Waals surface area contributed by atoms with Gasteiger partial charge in [0.2, 0.25) is 0 Å². The lowest BCUT2D eigenvalue weighted by molar-refractivity contribution is 0.299. The average molecular weight is 406 g/mol. The average Bonchev–Trinajstić information content (AvgIpc) is 3.41. The Balaban J connectivity index is 1.26. The monoisotopic (exact) mass is 406 g/mol. The Morgan fingerprint density at radius 2 is 1.83 bits per heavy atom. The fourth-order valence-corrected chi connectivity index (χ4v) is 4.17. The lowest BCUT2D eigenvalue weighted by atomic mass is 10.0. The molecule has 1 N–H and O–H groups in total. The van der Waals surface area contributed by atoms with Gasteiger partial charge in [-0.2, -0.15) is 5.10 Å². The summed E-state index contributed by atoms with van der Waals surface area (Å²) >= 11 is 0. The zero-order valence-electron chi connectivity index (χ0n) is 16.5. The second-order valence-electron chi connectivity index (χ2n) is 7.66. The molecule has 0 unspecified atom stereocenters. The summed E-state index contributed by atoms with van der Waals surface area (Å²) in [4.78, 5) is 2.24. The molecule has 0 radical (unpaired) electrons. The van der Waals surface area contributed by atoms with Crippen molar-refractivity contribution in [3.05, 3.63) is 66.4 Å². The van der Waals surface area contributed by atoms with Crippen LogP contribution >= 0.6 is 0 Å². The number of piperidine rings is 1. The highest BCUT2D eigenvalue weighted by Gasteiger charge is 2.22. The van der Waals surface area contributed by atoms with Crippen molar-refractivity contribution in [2.75, 3.05) is 24.6 Å². The van der Waals surface area contributed by atoms with Gasteiger partial charge in [-0.3, -0.25) is 0 Å². The van der Waals surface area contributed by atoms with Crippen LogP contribution in [-0.4, -0.2) is 49.3 Å². The number of hydrogen-bond donors (Lipinski definition) is 1. The Kier molecular flexibility index (Phi) is 4.92.